The Balaban J connectivity index is 1.87. The van der Waals surface area contributed by atoms with Crippen molar-refractivity contribution in [1.82, 2.24) is 9.78 Å². The Morgan fingerprint density at radius 3 is 2.48 bits per heavy atom. The van der Waals surface area contributed by atoms with E-state index in [1.54, 1.807) is 56.5 Å². The normalized spacial score (nSPS) is 11.7. The number of halogens is 1. The summed E-state index contributed by atoms with van der Waals surface area (Å²) < 4.78 is 6.30. The van der Waals surface area contributed by atoms with Crippen LogP contribution >= 0.6 is 11.6 Å². The minimum absolute atomic E-state index is 0.367. The molecule has 1 amide bonds. The fourth-order valence-electron chi connectivity index (χ4n) is 2.53. The van der Waals surface area contributed by atoms with Gasteiger partial charge >= 0.3 is 0 Å². The molecule has 1 heterocycles. The summed E-state index contributed by atoms with van der Waals surface area (Å²) in [7, 11) is 1.59. The summed E-state index contributed by atoms with van der Waals surface area (Å²) in [6.45, 7) is 1.61. The third kappa shape index (κ3) is 4.17. The maximum atomic E-state index is 12.6. The van der Waals surface area contributed by atoms with Gasteiger partial charge in [-0.3, -0.25) is 9.59 Å². The highest BCUT2D eigenvalue weighted by Gasteiger charge is 2.19. The molecule has 0 aliphatic carbocycles. The summed E-state index contributed by atoms with van der Waals surface area (Å²) in [5, 5.41) is 7.50. The van der Waals surface area contributed by atoms with Crippen LogP contribution in [0, 0.1) is 0 Å². The predicted octanol–water partition coefficient (Wildman–Crippen LogP) is 3.77. The topological polar surface area (TPSA) is 73.2 Å². The number of carbonyl (C=O) groups excluding carboxylic acids is 1. The van der Waals surface area contributed by atoms with Crippen LogP contribution in [-0.4, -0.2) is 22.8 Å². The number of anilines is 1. The lowest BCUT2D eigenvalue weighted by Gasteiger charge is -2.15. The van der Waals surface area contributed by atoms with Gasteiger partial charge in [-0.2, -0.15) is 5.10 Å². The molecule has 1 atom stereocenters. The molecule has 0 radical (unpaired) electrons. The molecule has 1 N–H and O–H groups in total. The van der Waals surface area contributed by atoms with Crippen molar-refractivity contribution in [3.63, 3.8) is 0 Å². The first-order chi connectivity index (χ1) is 13.0. The van der Waals surface area contributed by atoms with Gasteiger partial charge in [-0.1, -0.05) is 23.7 Å². The molecule has 138 valence electrons. The van der Waals surface area contributed by atoms with Crippen LogP contribution in [-0.2, 0) is 4.79 Å². The van der Waals surface area contributed by atoms with Gasteiger partial charge in [0.15, 0.2) is 0 Å². The number of nitrogens with zero attached hydrogens (tertiary/aromatic N) is 2. The van der Waals surface area contributed by atoms with Crippen molar-refractivity contribution < 1.29 is 9.53 Å². The van der Waals surface area contributed by atoms with Crippen LogP contribution in [0.15, 0.2) is 65.5 Å². The number of aromatic nitrogens is 2. The second-order valence-corrected chi connectivity index (χ2v) is 6.28. The fourth-order valence-corrected chi connectivity index (χ4v) is 2.71. The van der Waals surface area contributed by atoms with E-state index in [1.165, 1.54) is 6.07 Å². The summed E-state index contributed by atoms with van der Waals surface area (Å²) in [6.07, 6.45) is 0. The summed E-state index contributed by atoms with van der Waals surface area (Å²) in [5.74, 6) is 0.337. The van der Waals surface area contributed by atoms with E-state index in [-0.39, 0.29) is 11.5 Å². The molecule has 7 heteroatoms. The smallest absolute Gasteiger partial charge is 0.267 e. The van der Waals surface area contributed by atoms with Gasteiger partial charge in [-0.15, -0.1) is 0 Å². The van der Waals surface area contributed by atoms with Gasteiger partial charge in [-0.05, 0) is 49.4 Å². The Kier molecular flexibility index (Phi) is 5.57. The zero-order valence-electron chi connectivity index (χ0n) is 14.8. The first kappa shape index (κ1) is 18.7. The Morgan fingerprint density at radius 2 is 1.81 bits per heavy atom. The number of ether oxygens (including phenoxy) is 1. The van der Waals surface area contributed by atoms with E-state index in [0.29, 0.717) is 16.4 Å². The average molecular weight is 384 g/mol. The highest BCUT2D eigenvalue weighted by Crippen LogP contribution is 2.22. The summed E-state index contributed by atoms with van der Waals surface area (Å²) in [6, 6.07) is 16.4. The molecule has 0 saturated heterocycles. The molecule has 1 aromatic heterocycles. The second-order valence-electron chi connectivity index (χ2n) is 5.87. The van der Waals surface area contributed by atoms with Gasteiger partial charge in [0.2, 0.25) is 5.91 Å². The van der Waals surface area contributed by atoms with E-state index >= 15 is 0 Å². The Morgan fingerprint density at radius 1 is 1.11 bits per heavy atom. The molecule has 0 spiro atoms. The Bertz CT molecular complexity index is 1020. The van der Waals surface area contributed by atoms with Crippen molar-refractivity contribution in [3.05, 3.63) is 76.0 Å². The molecule has 0 saturated carbocycles. The molecule has 2 aromatic carbocycles. The maximum absolute atomic E-state index is 12.6. The summed E-state index contributed by atoms with van der Waals surface area (Å²) in [4.78, 5) is 24.8. The first-order valence-corrected chi connectivity index (χ1v) is 8.67. The molecule has 0 aliphatic rings. The molecule has 0 fully saturated rings. The third-order valence-corrected chi connectivity index (χ3v) is 4.42. The molecule has 1 unspecified atom stereocenters. The second kappa shape index (κ2) is 8.05. The lowest BCUT2D eigenvalue weighted by atomic mass is 10.1. The van der Waals surface area contributed by atoms with Crippen LogP contribution < -0.4 is 15.6 Å². The quantitative estimate of drug-likeness (QED) is 0.727. The average Bonchev–Trinajstić information content (AvgIpc) is 2.69. The lowest BCUT2D eigenvalue weighted by Crippen LogP contribution is -2.33. The van der Waals surface area contributed by atoms with Gasteiger partial charge in [-0.25, -0.2) is 4.68 Å². The molecular weight excluding hydrogens is 366 g/mol. The molecule has 3 rings (SSSR count). The standard InChI is InChI=1S/C20H18ClN3O3/c1-13(20(26)22-18-6-4-3-5-16(18)21)24-19(25)12-11-17(23-24)14-7-9-15(27-2)10-8-14/h3-13H,1-2H3,(H,22,26). The number of hydrogen-bond donors (Lipinski definition) is 1. The van der Waals surface area contributed by atoms with Gasteiger partial charge in [0.25, 0.3) is 5.56 Å². The predicted molar refractivity (Wildman–Crippen MR) is 105 cm³/mol. The number of amides is 1. The van der Waals surface area contributed by atoms with Crippen molar-refractivity contribution in [2.75, 3.05) is 12.4 Å². The van der Waals surface area contributed by atoms with Crippen LogP contribution in [0.2, 0.25) is 5.02 Å². The van der Waals surface area contributed by atoms with Crippen LogP contribution in [0.3, 0.4) is 0 Å². The Hall–Kier alpha value is -3.12. The number of para-hydroxylation sites is 1. The third-order valence-electron chi connectivity index (χ3n) is 4.09. The van der Waals surface area contributed by atoms with Crippen molar-refractivity contribution >= 4 is 23.2 Å². The van der Waals surface area contributed by atoms with Crippen molar-refractivity contribution in [2.45, 2.75) is 13.0 Å². The maximum Gasteiger partial charge on any atom is 0.267 e. The fraction of sp³-hybridized carbons (Fsp3) is 0.150. The van der Waals surface area contributed by atoms with E-state index in [0.717, 1.165) is 16.0 Å². The van der Waals surface area contributed by atoms with E-state index in [9.17, 15) is 9.59 Å². The number of hydrogen-bond acceptors (Lipinski definition) is 4. The van der Waals surface area contributed by atoms with Gasteiger partial charge < -0.3 is 10.1 Å². The summed E-state index contributed by atoms with van der Waals surface area (Å²) in [5.41, 5.74) is 1.50. The van der Waals surface area contributed by atoms with Crippen molar-refractivity contribution in [3.8, 4) is 17.0 Å². The van der Waals surface area contributed by atoms with E-state index in [1.807, 2.05) is 12.1 Å². The molecular formula is C20H18ClN3O3. The SMILES string of the molecule is COc1ccc(-c2ccc(=O)n(C(C)C(=O)Nc3ccccc3Cl)n2)cc1. The van der Waals surface area contributed by atoms with Crippen molar-refractivity contribution in [1.29, 1.82) is 0 Å². The monoisotopic (exact) mass is 383 g/mol. The lowest BCUT2D eigenvalue weighted by molar-refractivity contribution is -0.119. The molecule has 0 bridgehead atoms. The van der Waals surface area contributed by atoms with E-state index in [2.05, 4.69) is 10.4 Å². The largest absolute Gasteiger partial charge is 0.497 e. The molecule has 0 aliphatic heterocycles. The zero-order chi connectivity index (χ0) is 19.4. The number of benzene rings is 2. The first-order valence-electron chi connectivity index (χ1n) is 8.29. The molecule has 27 heavy (non-hydrogen) atoms. The number of nitrogens with one attached hydrogen (secondary N) is 1. The van der Waals surface area contributed by atoms with Gasteiger partial charge in [0, 0.05) is 11.6 Å². The zero-order valence-corrected chi connectivity index (χ0v) is 15.6. The highest BCUT2D eigenvalue weighted by molar-refractivity contribution is 6.33. The van der Waals surface area contributed by atoms with Crippen LogP contribution in [0.25, 0.3) is 11.3 Å². The van der Waals surface area contributed by atoms with Crippen LogP contribution in [0.5, 0.6) is 5.75 Å². The van der Waals surface area contributed by atoms with Crippen LogP contribution in [0.4, 0.5) is 5.69 Å². The number of methoxy groups -OCH3 is 1. The minimum Gasteiger partial charge on any atom is -0.497 e. The summed E-state index contributed by atoms with van der Waals surface area (Å²) >= 11 is 6.07. The van der Waals surface area contributed by atoms with E-state index in [4.69, 9.17) is 16.3 Å². The van der Waals surface area contributed by atoms with Crippen molar-refractivity contribution in [2.24, 2.45) is 0 Å². The number of rotatable bonds is 5. The van der Waals surface area contributed by atoms with Gasteiger partial charge in [0.05, 0.1) is 23.5 Å². The highest BCUT2D eigenvalue weighted by atomic mass is 35.5. The molecule has 6 nitrogen and oxygen atoms in total. The van der Waals surface area contributed by atoms with Gasteiger partial charge in [0.1, 0.15) is 11.8 Å². The van der Waals surface area contributed by atoms with E-state index < -0.39 is 6.04 Å². The minimum atomic E-state index is -0.813. The Labute approximate surface area is 161 Å². The van der Waals surface area contributed by atoms with Crippen LogP contribution in [0.1, 0.15) is 13.0 Å². The molecule has 3 aromatic rings. The number of carbonyl (C=O) groups is 1.